The van der Waals surface area contributed by atoms with E-state index in [-0.39, 0.29) is 23.8 Å². The highest BCUT2D eigenvalue weighted by Crippen LogP contribution is 2.55. The normalized spacial score (nSPS) is 35.3. The van der Waals surface area contributed by atoms with Gasteiger partial charge in [0.2, 0.25) is 17.7 Å². The topological polar surface area (TPSA) is 106 Å². The molecule has 2 N–H and O–H groups in total. The summed E-state index contributed by atoms with van der Waals surface area (Å²) >= 11 is 0. The zero-order chi connectivity index (χ0) is 27.0. The Hall–Kier alpha value is -2.91. The van der Waals surface area contributed by atoms with Gasteiger partial charge in [0.1, 0.15) is 17.4 Å². The number of hydrogen-bond acceptors (Lipinski definition) is 6. The molecule has 0 aromatic heterocycles. The maximum Gasteiger partial charge on any atom is 0.246 e. The summed E-state index contributed by atoms with van der Waals surface area (Å²) in [4.78, 5) is 43.0. The number of likely N-dealkylation sites (tertiary alicyclic amines) is 1. The van der Waals surface area contributed by atoms with Crippen molar-refractivity contribution in [1.29, 1.82) is 0 Å². The Kier molecular flexibility index (Phi) is 7.51. The van der Waals surface area contributed by atoms with Crippen LogP contribution in [0.25, 0.3) is 0 Å². The lowest BCUT2D eigenvalue weighted by atomic mass is 9.73. The van der Waals surface area contributed by atoms with Crippen LogP contribution in [0, 0.1) is 23.7 Å². The quantitative estimate of drug-likeness (QED) is 0.379. The molecule has 4 aliphatic rings. The highest BCUT2D eigenvalue weighted by Gasteiger charge is 2.72. The van der Waals surface area contributed by atoms with Crippen molar-refractivity contribution in [3.8, 4) is 5.75 Å². The number of benzene rings is 1. The lowest BCUT2D eigenvalue weighted by Crippen LogP contribution is -2.58. The first-order valence-electron chi connectivity index (χ1n) is 13.7. The third-order valence-electron chi connectivity index (χ3n) is 9.06. The molecule has 1 aliphatic carbocycles. The van der Waals surface area contributed by atoms with E-state index >= 15 is 0 Å². The summed E-state index contributed by atoms with van der Waals surface area (Å²) in [7, 11) is 3.19. The second kappa shape index (κ2) is 10.7. The molecule has 2 bridgehead atoms. The summed E-state index contributed by atoms with van der Waals surface area (Å²) < 4.78 is 16.8. The average Bonchev–Trinajstić information content (AvgIpc) is 3.55. The van der Waals surface area contributed by atoms with Crippen LogP contribution in [0.3, 0.4) is 0 Å². The van der Waals surface area contributed by atoms with Crippen molar-refractivity contribution in [2.45, 2.75) is 63.3 Å². The Morgan fingerprint density at radius 1 is 1.13 bits per heavy atom. The van der Waals surface area contributed by atoms with Crippen LogP contribution in [0.5, 0.6) is 5.75 Å². The molecule has 1 spiro atoms. The molecule has 206 valence electrons. The van der Waals surface area contributed by atoms with Crippen molar-refractivity contribution in [1.82, 2.24) is 10.2 Å². The Morgan fingerprint density at radius 2 is 1.89 bits per heavy atom. The SMILES string of the molecule is COCCCN1C(=O)[C@@H]2[C@H](C(=O)Nc3ccc(OC)cc3)[C@@H]3C=C[C@@]2(O3)[C@@H]1C(=O)N[C@@H]1CCC[C@@H](C)[C@H]1C. The molecule has 1 aromatic rings. The molecule has 9 nitrogen and oxygen atoms in total. The van der Waals surface area contributed by atoms with Crippen molar-refractivity contribution >= 4 is 23.4 Å². The van der Waals surface area contributed by atoms with Gasteiger partial charge < -0.3 is 29.7 Å². The molecule has 0 unspecified atom stereocenters. The van der Waals surface area contributed by atoms with Gasteiger partial charge in [-0.2, -0.15) is 0 Å². The van der Waals surface area contributed by atoms with E-state index in [9.17, 15) is 14.4 Å². The van der Waals surface area contributed by atoms with Gasteiger partial charge in [0.25, 0.3) is 0 Å². The molecular formula is C29H39N3O6. The number of anilines is 1. The van der Waals surface area contributed by atoms with Crippen molar-refractivity contribution < 1.29 is 28.6 Å². The summed E-state index contributed by atoms with van der Waals surface area (Å²) in [5.41, 5.74) is -0.557. The predicted molar refractivity (Wildman–Crippen MR) is 141 cm³/mol. The fourth-order valence-electron chi connectivity index (χ4n) is 6.83. The molecule has 3 heterocycles. The number of carbonyl (C=O) groups is 3. The van der Waals surface area contributed by atoms with Crippen LogP contribution in [0.15, 0.2) is 36.4 Å². The maximum atomic E-state index is 13.9. The minimum atomic E-state index is -1.16. The summed E-state index contributed by atoms with van der Waals surface area (Å²) in [6.45, 7) is 5.23. The Morgan fingerprint density at radius 3 is 2.61 bits per heavy atom. The van der Waals surface area contributed by atoms with Gasteiger partial charge in [-0.25, -0.2) is 0 Å². The van der Waals surface area contributed by atoms with Gasteiger partial charge in [-0.05, 0) is 48.9 Å². The number of hydrogen-bond donors (Lipinski definition) is 2. The number of nitrogens with one attached hydrogen (secondary N) is 2. The highest BCUT2D eigenvalue weighted by molar-refractivity contribution is 6.02. The smallest absolute Gasteiger partial charge is 0.246 e. The molecule has 5 rings (SSSR count). The molecule has 3 amide bonds. The monoisotopic (exact) mass is 525 g/mol. The van der Waals surface area contributed by atoms with Crippen LogP contribution < -0.4 is 15.4 Å². The van der Waals surface area contributed by atoms with E-state index in [1.165, 1.54) is 0 Å². The van der Waals surface area contributed by atoms with Gasteiger partial charge in [0.05, 0.1) is 25.0 Å². The number of methoxy groups -OCH3 is 2. The number of fused-ring (bicyclic) bond motifs is 1. The van der Waals surface area contributed by atoms with Crippen LogP contribution in [0.4, 0.5) is 5.69 Å². The van der Waals surface area contributed by atoms with Crippen LogP contribution in [-0.4, -0.2) is 73.8 Å². The molecule has 3 fully saturated rings. The minimum absolute atomic E-state index is 0.0503. The lowest BCUT2D eigenvalue weighted by Gasteiger charge is -2.38. The molecule has 1 saturated carbocycles. The van der Waals surface area contributed by atoms with E-state index in [1.807, 2.05) is 12.2 Å². The van der Waals surface area contributed by atoms with Crippen molar-refractivity contribution in [2.75, 3.05) is 32.7 Å². The molecular weight excluding hydrogens is 486 g/mol. The van der Waals surface area contributed by atoms with Crippen LogP contribution in [-0.2, 0) is 23.9 Å². The van der Waals surface area contributed by atoms with Gasteiger partial charge >= 0.3 is 0 Å². The summed E-state index contributed by atoms with van der Waals surface area (Å²) in [5.74, 6) is -0.660. The zero-order valence-electron chi connectivity index (χ0n) is 22.6. The average molecular weight is 526 g/mol. The number of rotatable bonds is 9. The first-order valence-corrected chi connectivity index (χ1v) is 13.7. The first-order chi connectivity index (χ1) is 18.3. The van der Waals surface area contributed by atoms with Crippen LogP contribution in [0.2, 0.25) is 0 Å². The Bertz CT molecular complexity index is 1090. The van der Waals surface area contributed by atoms with Crippen molar-refractivity contribution in [3.63, 3.8) is 0 Å². The van der Waals surface area contributed by atoms with Gasteiger partial charge in [-0.15, -0.1) is 0 Å². The van der Waals surface area contributed by atoms with E-state index < -0.39 is 29.6 Å². The molecule has 8 atom stereocenters. The van der Waals surface area contributed by atoms with Gasteiger partial charge in [0, 0.05) is 32.0 Å². The van der Waals surface area contributed by atoms with Crippen LogP contribution >= 0.6 is 0 Å². The largest absolute Gasteiger partial charge is 0.497 e. The van der Waals surface area contributed by atoms with Gasteiger partial charge in [-0.3, -0.25) is 14.4 Å². The minimum Gasteiger partial charge on any atom is -0.497 e. The third-order valence-corrected chi connectivity index (χ3v) is 9.06. The molecule has 1 aromatic carbocycles. The van der Waals surface area contributed by atoms with E-state index in [0.717, 1.165) is 19.3 Å². The number of nitrogens with zero attached hydrogens (tertiary/aromatic N) is 1. The van der Waals surface area contributed by atoms with Crippen molar-refractivity contribution in [3.05, 3.63) is 36.4 Å². The number of ether oxygens (including phenoxy) is 3. The summed E-state index contributed by atoms with van der Waals surface area (Å²) in [5, 5.41) is 6.21. The van der Waals surface area contributed by atoms with Crippen molar-refractivity contribution in [2.24, 2.45) is 23.7 Å². The Labute approximate surface area is 224 Å². The van der Waals surface area contributed by atoms with E-state index in [1.54, 1.807) is 43.4 Å². The maximum absolute atomic E-state index is 13.9. The number of carbonyl (C=O) groups excluding carboxylic acids is 3. The standard InChI is InChI=1S/C29H39N3O6/c1-17-7-5-8-21(18(17)2)31-27(34)25-29-14-13-22(38-29)23(24(29)28(35)32(25)15-6-16-36-3)26(33)30-19-9-11-20(37-4)12-10-19/h9-14,17-18,21-25H,5-8,15-16H2,1-4H3,(H,30,33)(H,31,34)/t17-,18-,21-,22+,23-,24+,25+,29+/m1/s1. The number of amides is 3. The van der Waals surface area contributed by atoms with E-state index in [0.29, 0.717) is 42.8 Å². The van der Waals surface area contributed by atoms with E-state index in [4.69, 9.17) is 14.2 Å². The van der Waals surface area contributed by atoms with Crippen LogP contribution in [0.1, 0.15) is 39.5 Å². The fraction of sp³-hybridized carbons (Fsp3) is 0.621. The zero-order valence-corrected chi connectivity index (χ0v) is 22.6. The molecule has 2 saturated heterocycles. The molecule has 9 heteroatoms. The highest BCUT2D eigenvalue weighted by atomic mass is 16.5. The van der Waals surface area contributed by atoms with Gasteiger partial charge in [-0.1, -0.05) is 38.8 Å². The van der Waals surface area contributed by atoms with E-state index in [2.05, 4.69) is 24.5 Å². The second-order valence-electron chi connectivity index (χ2n) is 11.2. The third kappa shape index (κ3) is 4.49. The second-order valence-corrected chi connectivity index (χ2v) is 11.2. The molecule has 0 radical (unpaired) electrons. The first kappa shape index (κ1) is 26.7. The Balaban J connectivity index is 1.40. The van der Waals surface area contributed by atoms with Gasteiger partial charge in [0.15, 0.2) is 0 Å². The molecule has 3 aliphatic heterocycles. The fourth-order valence-corrected chi connectivity index (χ4v) is 6.83. The summed E-state index contributed by atoms with van der Waals surface area (Å²) in [6, 6.07) is 6.26. The molecule has 38 heavy (non-hydrogen) atoms. The lowest BCUT2D eigenvalue weighted by molar-refractivity contribution is -0.141. The summed E-state index contributed by atoms with van der Waals surface area (Å²) in [6.07, 6.45) is 6.86. The predicted octanol–water partition coefficient (Wildman–Crippen LogP) is 2.76.